The zero-order valence-corrected chi connectivity index (χ0v) is 18.6. The number of carbonyl (C=O) groups is 1. The standard InChI is InChI=1S/C23H23IN4O/c1-3-14-28(24)22(25)17-8-10-18(11-9-17)23(29)27-19-12-7-16(2)20(15-19)21-6-4-5-13-26-21/h4-13,15,25H,3,14H2,1-2H3,(H,27,29). The third-order valence-electron chi connectivity index (χ3n) is 4.52. The lowest BCUT2D eigenvalue weighted by atomic mass is 10.0. The maximum Gasteiger partial charge on any atom is 0.255 e. The average Bonchev–Trinajstić information content (AvgIpc) is 2.75. The lowest BCUT2D eigenvalue weighted by Crippen LogP contribution is -2.21. The molecule has 3 aromatic rings. The van der Waals surface area contributed by atoms with Crippen molar-refractivity contribution >= 4 is 40.3 Å². The first-order chi connectivity index (χ1) is 14.0. The molecule has 0 fully saturated rings. The van der Waals surface area contributed by atoms with Gasteiger partial charge in [-0.2, -0.15) is 0 Å². The van der Waals surface area contributed by atoms with Crippen LogP contribution in [0.4, 0.5) is 5.69 Å². The summed E-state index contributed by atoms with van der Waals surface area (Å²) < 4.78 is 1.87. The smallest absolute Gasteiger partial charge is 0.255 e. The van der Waals surface area contributed by atoms with Crippen molar-refractivity contribution in [1.29, 1.82) is 5.41 Å². The maximum absolute atomic E-state index is 12.7. The van der Waals surface area contributed by atoms with Crippen molar-refractivity contribution in [2.24, 2.45) is 0 Å². The molecular formula is C23H23IN4O. The van der Waals surface area contributed by atoms with Gasteiger partial charge in [-0.1, -0.05) is 31.2 Å². The van der Waals surface area contributed by atoms with Crippen molar-refractivity contribution in [3.05, 3.63) is 83.6 Å². The normalized spacial score (nSPS) is 10.4. The van der Waals surface area contributed by atoms with Crippen LogP contribution in [0.2, 0.25) is 0 Å². The quantitative estimate of drug-likeness (QED) is 0.198. The Labute approximate surface area is 185 Å². The minimum absolute atomic E-state index is 0.182. The van der Waals surface area contributed by atoms with Gasteiger partial charge in [0.2, 0.25) is 0 Å². The third kappa shape index (κ3) is 5.20. The SMILES string of the molecule is CCCN(I)C(=N)c1ccc(C(=O)Nc2ccc(C)c(-c3ccccn3)c2)cc1. The molecule has 0 radical (unpaired) electrons. The molecule has 1 aromatic heterocycles. The predicted octanol–water partition coefficient (Wildman–Crippen LogP) is 5.70. The summed E-state index contributed by atoms with van der Waals surface area (Å²) in [5, 5.41) is 11.2. The molecule has 0 atom stereocenters. The van der Waals surface area contributed by atoms with Crippen LogP contribution in [0.5, 0.6) is 0 Å². The fourth-order valence-electron chi connectivity index (χ4n) is 2.93. The number of hydrogen-bond donors (Lipinski definition) is 2. The number of carbonyl (C=O) groups excluding carboxylic acids is 1. The minimum atomic E-state index is -0.182. The molecule has 29 heavy (non-hydrogen) atoms. The zero-order chi connectivity index (χ0) is 20.8. The van der Waals surface area contributed by atoms with Gasteiger partial charge in [-0.05, 0) is 55.3 Å². The largest absolute Gasteiger partial charge is 0.322 e. The van der Waals surface area contributed by atoms with Crippen LogP contribution >= 0.6 is 22.9 Å². The highest BCUT2D eigenvalue weighted by molar-refractivity contribution is 14.1. The Morgan fingerprint density at radius 1 is 1.10 bits per heavy atom. The van der Waals surface area contributed by atoms with E-state index >= 15 is 0 Å². The molecule has 148 valence electrons. The summed E-state index contributed by atoms with van der Waals surface area (Å²) in [5.41, 5.74) is 5.03. The molecule has 0 aliphatic heterocycles. The number of benzene rings is 2. The second-order valence-electron chi connectivity index (χ2n) is 6.71. The highest BCUT2D eigenvalue weighted by Crippen LogP contribution is 2.25. The number of anilines is 1. The third-order valence-corrected chi connectivity index (χ3v) is 5.48. The Morgan fingerprint density at radius 2 is 1.83 bits per heavy atom. The van der Waals surface area contributed by atoms with E-state index in [0.29, 0.717) is 11.4 Å². The minimum Gasteiger partial charge on any atom is -0.322 e. The summed E-state index contributed by atoms with van der Waals surface area (Å²) in [6.45, 7) is 4.92. The second kappa shape index (κ2) is 9.65. The molecule has 1 amide bonds. The molecule has 0 spiro atoms. The number of pyridine rings is 1. The van der Waals surface area contributed by atoms with Gasteiger partial charge >= 0.3 is 0 Å². The lowest BCUT2D eigenvalue weighted by molar-refractivity contribution is 0.102. The van der Waals surface area contributed by atoms with Crippen molar-refractivity contribution in [3.63, 3.8) is 0 Å². The van der Waals surface area contributed by atoms with Gasteiger partial charge in [0.05, 0.1) is 28.6 Å². The van der Waals surface area contributed by atoms with Crippen LogP contribution in [0.1, 0.15) is 34.8 Å². The summed E-state index contributed by atoms with van der Waals surface area (Å²) in [6, 6.07) is 18.7. The molecular weight excluding hydrogens is 475 g/mol. The Hall–Kier alpha value is -2.74. The van der Waals surface area contributed by atoms with Crippen LogP contribution in [0, 0.1) is 12.3 Å². The van der Waals surface area contributed by atoms with Gasteiger partial charge in [0.1, 0.15) is 5.84 Å². The molecule has 3 rings (SSSR count). The van der Waals surface area contributed by atoms with Crippen LogP contribution in [0.3, 0.4) is 0 Å². The van der Waals surface area contributed by atoms with E-state index in [1.807, 2.05) is 58.6 Å². The molecule has 0 aliphatic rings. The average molecular weight is 498 g/mol. The molecule has 2 N–H and O–H groups in total. The van der Waals surface area contributed by atoms with Crippen molar-refractivity contribution in [3.8, 4) is 11.3 Å². The van der Waals surface area contributed by atoms with Gasteiger partial charge in [0.15, 0.2) is 0 Å². The zero-order valence-electron chi connectivity index (χ0n) is 16.4. The van der Waals surface area contributed by atoms with E-state index in [1.54, 1.807) is 18.3 Å². The van der Waals surface area contributed by atoms with E-state index in [-0.39, 0.29) is 5.91 Å². The number of aryl methyl sites for hydroxylation is 1. The fraction of sp³-hybridized carbons (Fsp3) is 0.174. The molecule has 5 nitrogen and oxygen atoms in total. The Bertz CT molecular complexity index is 1000. The van der Waals surface area contributed by atoms with Crippen molar-refractivity contribution in [1.82, 2.24) is 8.10 Å². The summed E-state index contributed by atoms with van der Waals surface area (Å²) >= 11 is 2.14. The van der Waals surface area contributed by atoms with Gasteiger partial charge in [0, 0.05) is 35.1 Å². The first-order valence-electron chi connectivity index (χ1n) is 9.45. The Morgan fingerprint density at radius 3 is 2.48 bits per heavy atom. The maximum atomic E-state index is 12.7. The van der Waals surface area contributed by atoms with Gasteiger partial charge in [0.25, 0.3) is 5.91 Å². The molecule has 0 bridgehead atoms. The Balaban J connectivity index is 1.75. The van der Waals surface area contributed by atoms with Gasteiger partial charge < -0.3 is 5.32 Å². The van der Waals surface area contributed by atoms with Crippen LogP contribution in [-0.2, 0) is 0 Å². The molecule has 0 unspecified atom stereocenters. The van der Waals surface area contributed by atoms with Crippen LogP contribution < -0.4 is 5.32 Å². The lowest BCUT2D eigenvalue weighted by Gasteiger charge is -2.16. The summed E-state index contributed by atoms with van der Waals surface area (Å²) in [6.07, 6.45) is 2.74. The van der Waals surface area contributed by atoms with Crippen molar-refractivity contribution in [2.45, 2.75) is 20.3 Å². The first-order valence-corrected chi connectivity index (χ1v) is 10.4. The van der Waals surface area contributed by atoms with Crippen molar-refractivity contribution < 1.29 is 4.79 Å². The predicted molar refractivity (Wildman–Crippen MR) is 127 cm³/mol. The van der Waals surface area contributed by atoms with E-state index in [0.717, 1.165) is 41.0 Å². The number of rotatable bonds is 6. The summed E-state index contributed by atoms with van der Waals surface area (Å²) in [4.78, 5) is 17.1. The van der Waals surface area contributed by atoms with Crippen LogP contribution in [-0.4, -0.2) is 26.4 Å². The van der Waals surface area contributed by atoms with Gasteiger partial charge in [-0.3, -0.25) is 18.3 Å². The number of nitrogens with zero attached hydrogens (tertiary/aromatic N) is 2. The molecule has 0 saturated carbocycles. The molecule has 1 heterocycles. The topological polar surface area (TPSA) is 69.1 Å². The van der Waals surface area contributed by atoms with Crippen LogP contribution in [0.15, 0.2) is 66.9 Å². The number of aromatic nitrogens is 1. The monoisotopic (exact) mass is 498 g/mol. The highest BCUT2D eigenvalue weighted by Gasteiger charge is 2.12. The van der Waals surface area contributed by atoms with E-state index in [1.165, 1.54) is 0 Å². The van der Waals surface area contributed by atoms with Crippen LogP contribution in [0.25, 0.3) is 11.3 Å². The number of amides is 1. The number of halogens is 1. The number of nitrogens with one attached hydrogen (secondary N) is 2. The molecule has 0 aliphatic carbocycles. The fourth-order valence-corrected chi connectivity index (χ4v) is 3.69. The molecule has 0 saturated heterocycles. The van der Waals surface area contributed by atoms with E-state index < -0.39 is 0 Å². The molecule has 6 heteroatoms. The summed E-state index contributed by atoms with van der Waals surface area (Å²) in [7, 11) is 0. The van der Waals surface area contributed by atoms with Crippen molar-refractivity contribution in [2.75, 3.05) is 11.9 Å². The highest BCUT2D eigenvalue weighted by atomic mass is 127. The molecule has 2 aromatic carbocycles. The second-order valence-corrected chi connectivity index (χ2v) is 7.88. The van der Waals surface area contributed by atoms with Gasteiger partial charge in [-0.25, -0.2) is 0 Å². The van der Waals surface area contributed by atoms with Gasteiger partial charge in [-0.15, -0.1) is 0 Å². The first kappa shape index (κ1) is 21.0. The van der Waals surface area contributed by atoms with E-state index in [9.17, 15) is 4.79 Å². The van der Waals surface area contributed by atoms with E-state index in [2.05, 4.69) is 40.1 Å². The van der Waals surface area contributed by atoms with E-state index in [4.69, 9.17) is 5.41 Å². The number of hydrogen-bond acceptors (Lipinski definition) is 3. The summed E-state index contributed by atoms with van der Waals surface area (Å²) in [5.74, 6) is 0.261. The Kier molecular flexibility index (Phi) is 6.98. The number of amidine groups is 1.